The summed E-state index contributed by atoms with van der Waals surface area (Å²) >= 11 is 0. The van der Waals surface area contributed by atoms with Gasteiger partial charge < -0.3 is 9.22 Å². The fraction of sp³-hybridized carbons (Fsp3) is 0.944. The standard InChI is InChI=1S/C18H34O2Si/c1-16(2,3)21(7,8)20-15-13(10-12-19)14-9-11-18(15,6)17(14,4)5/h12-15H,9-11H2,1-8H3/t13-,14+,15+,18-/m0/s1. The maximum atomic E-state index is 11.2. The lowest BCUT2D eigenvalue weighted by atomic mass is 9.70. The Labute approximate surface area is 132 Å². The van der Waals surface area contributed by atoms with E-state index in [0.717, 1.165) is 6.29 Å². The second kappa shape index (κ2) is 4.92. The minimum Gasteiger partial charge on any atom is -0.413 e. The molecule has 21 heavy (non-hydrogen) atoms. The van der Waals surface area contributed by atoms with Gasteiger partial charge in [0, 0.05) is 6.42 Å². The van der Waals surface area contributed by atoms with Gasteiger partial charge in [-0.2, -0.15) is 0 Å². The summed E-state index contributed by atoms with van der Waals surface area (Å²) in [7, 11) is -1.80. The lowest BCUT2D eigenvalue weighted by molar-refractivity contribution is -0.110. The van der Waals surface area contributed by atoms with Crippen molar-refractivity contribution in [1.29, 1.82) is 0 Å². The Bertz CT molecular complexity index is 421. The minimum atomic E-state index is -1.80. The fourth-order valence-corrected chi connectivity index (χ4v) is 6.04. The molecular weight excluding hydrogens is 276 g/mol. The molecule has 0 aromatic heterocycles. The minimum absolute atomic E-state index is 0.223. The van der Waals surface area contributed by atoms with Gasteiger partial charge in [0.2, 0.25) is 0 Å². The Hall–Kier alpha value is -0.153. The number of hydrogen-bond acceptors (Lipinski definition) is 2. The van der Waals surface area contributed by atoms with E-state index in [9.17, 15) is 4.79 Å². The molecule has 4 atom stereocenters. The highest BCUT2D eigenvalue weighted by Gasteiger charge is 2.67. The Balaban J connectivity index is 2.35. The summed E-state index contributed by atoms with van der Waals surface area (Å²) in [6.45, 7) is 18.8. The third-order valence-electron chi connectivity index (χ3n) is 7.50. The molecule has 2 saturated carbocycles. The normalized spacial score (nSPS) is 38.8. The van der Waals surface area contributed by atoms with Crippen molar-refractivity contribution in [3.63, 3.8) is 0 Å². The molecule has 2 nitrogen and oxygen atoms in total. The van der Waals surface area contributed by atoms with E-state index in [0.29, 0.717) is 18.3 Å². The first-order valence-corrected chi connectivity index (χ1v) is 11.4. The van der Waals surface area contributed by atoms with Crippen molar-refractivity contribution in [2.24, 2.45) is 22.7 Å². The van der Waals surface area contributed by atoms with Crippen LogP contribution in [0.5, 0.6) is 0 Å². The first kappa shape index (κ1) is 17.2. The number of carbonyl (C=O) groups excluding carboxylic acids is 1. The molecule has 3 heteroatoms. The first-order valence-electron chi connectivity index (χ1n) is 8.50. The number of hydrogen-bond donors (Lipinski definition) is 0. The highest BCUT2D eigenvalue weighted by Crippen LogP contribution is 2.69. The highest BCUT2D eigenvalue weighted by molar-refractivity contribution is 6.74. The van der Waals surface area contributed by atoms with Crippen LogP contribution in [0.2, 0.25) is 18.1 Å². The van der Waals surface area contributed by atoms with Gasteiger partial charge in [-0.15, -0.1) is 0 Å². The van der Waals surface area contributed by atoms with Gasteiger partial charge in [0.05, 0.1) is 6.10 Å². The second-order valence-corrected chi connectivity index (χ2v) is 14.4. The third kappa shape index (κ3) is 2.35. The van der Waals surface area contributed by atoms with Crippen molar-refractivity contribution in [1.82, 2.24) is 0 Å². The molecule has 0 N–H and O–H groups in total. The van der Waals surface area contributed by atoms with Gasteiger partial charge in [-0.3, -0.25) is 0 Å². The van der Waals surface area contributed by atoms with Gasteiger partial charge in [0.25, 0.3) is 0 Å². The van der Waals surface area contributed by atoms with Crippen LogP contribution < -0.4 is 0 Å². The van der Waals surface area contributed by atoms with Crippen molar-refractivity contribution in [3.05, 3.63) is 0 Å². The van der Waals surface area contributed by atoms with Crippen LogP contribution in [0.4, 0.5) is 0 Å². The summed E-state index contributed by atoms with van der Waals surface area (Å²) in [6.07, 6.45) is 4.56. The summed E-state index contributed by atoms with van der Waals surface area (Å²) < 4.78 is 6.88. The average Bonchev–Trinajstić information content (AvgIpc) is 2.61. The Morgan fingerprint density at radius 3 is 2.29 bits per heavy atom. The third-order valence-corrected chi connectivity index (χ3v) is 12.0. The molecule has 0 aromatic carbocycles. The summed E-state index contributed by atoms with van der Waals surface area (Å²) in [5, 5.41) is 0.223. The molecule has 0 radical (unpaired) electrons. The molecule has 2 rings (SSSR count). The van der Waals surface area contributed by atoms with Gasteiger partial charge in [0.1, 0.15) is 6.29 Å². The molecule has 0 heterocycles. The summed E-state index contributed by atoms with van der Waals surface area (Å²) in [5.74, 6) is 1.06. The molecule has 0 spiro atoms. The second-order valence-electron chi connectivity index (χ2n) is 9.65. The van der Waals surface area contributed by atoms with E-state index in [1.54, 1.807) is 0 Å². The van der Waals surface area contributed by atoms with E-state index < -0.39 is 8.32 Å². The zero-order valence-electron chi connectivity index (χ0n) is 15.2. The van der Waals surface area contributed by atoms with E-state index in [2.05, 4.69) is 54.6 Å². The van der Waals surface area contributed by atoms with Crippen LogP contribution in [0, 0.1) is 22.7 Å². The van der Waals surface area contributed by atoms with E-state index in [-0.39, 0.29) is 22.0 Å². The molecule has 0 aromatic rings. The Morgan fingerprint density at radius 2 is 1.81 bits per heavy atom. The largest absolute Gasteiger partial charge is 0.413 e. The average molecular weight is 311 g/mol. The van der Waals surface area contributed by atoms with Gasteiger partial charge in [-0.1, -0.05) is 41.5 Å². The smallest absolute Gasteiger partial charge is 0.192 e. The van der Waals surface area contributed by atoms with Crippen LogP contribution in [0.25, 0.3) is 0 Å². The number of fused-ring (bicyclic) bond motifs is 2. The molecule has 0 unspecified atom stereocenters. The van der Waals surface area contributed by atoms with Gasteiger partial charge >= 0.3 is 0 Å². The fourth-order valence-electron chi connectivity index (χ4n) is 4.61. The Kier molecular flexibility index (Phi) is 4.03. The lowest BCUT2D eigenvalue weighted by Crippen LogP contribution is -2.50. The van der Waals surface area contributed by atoms with Gasteiger partial charge in [-0.25, -0.2) is 0 Å². The van der Waals surface area contributed by atoms with Crippen molar-refractivity contribution < 1.29 is 9.22 Å². The SMILES string of the molecule is CC1(C)[C@@H]2CC[C@@]1(C)[C@H](O[Si](C)(C)C(C)(C)C)[C@H]2CC=O. The quantitative estimate of drug-likeness (QED) is 0.537. The number of aldehydes is 1. The summed E-state index contributed by atoms with van der Waals surface area (Å²) in [5.41, 5.74) is 0.509. The van der Waals surface area contributed by atoms with Crippen LogP contribution in [-0.4, -0.2) is 20.7 Å². The van der Waals surface area contributed by atoms with Crippen molar-refractivity contribution >= 4 is 14.6 Å². The predicted octanol–water partition coefficient (Wildman–Crippen LogP) is 5.04. The van der Waals surface area contributed by atoms with Crippen molar-refractivity contribution in [2.75, 3.05) is 0 Å². The zero-order chi connectivity index (χ0) is 16.3. The van der Waals surface area contributed by atoms with E-state index in [1.165, 1.54) is 12.8 Å². The zero-order valence-corrected chi connectivity index (χ0v) is 16.2. The molecule has 0 amide bonds. The molecule has 2 bridgehead atoms. The lowest BCUT2D eigenvalue weighted by Gasteiger charge is -2.47. The van der Waals surface area contributed by atoms with E-state index in [4.69, 9.17) is 4.43 Å². The van der Waals surface area contributed by atoms with Gasteiger partial charge in [0.15, 0.2) is 8.32 Å². The maximum Gasteiger partial charge on any atom is 0.192 e. The molecule has 2 fully saturated rings. The molecular formula is C18H34O2Si. The monoisotopic (exact) mass is 310 g/mol. The Morgan fingerprint density at radius 1 is 1.24 bits per heavy atom. The van der Waals surface area contributed by atoms with Crippen LogP contribution >= 0.6 is 0 Å². The maximum absolute atomic E-state index is 11.2. The number of rotatable bonds is 4. The molecule has 2 aliphatic rings. The van der Waals surface area contributed by atoms with Gasteiger partial charge in [-0.05, 0) is 53.6 Å². The molecule has 122 valence electrons. The number of carbonyl (C=O) groups is 1. The highest BCUT2D eigenvalue weighted by atomic mass is 28.4. The van der Waals surface area contributed by atoms with Crippen LogP contribution in [0.3, 0.4) is 0 Å². The molecule has 0 aliphatic heterocycles. The van der Waals surface area contributed by atoms with Crippen LogP contribution in [0.1, 0.15) is 60.8 Å². The van der Waals surface area contributed by atoms with Crippen molar-refractivity contribution in [3.8, 4) is 0 Å². The summed E-state index contributed by atoms with van der Waals surface area (Å²) in [4.78, 5) is 11.2. The van der Waals surface area contributed by atoms with Crippen LogP contribution in [-0.2, 0) is 9.22 Å². The molecule has 2 aliphatic carbocycles. The van der Waals surface area contributed by atoms with E-state index >= 15 is 0 Å². The topological polar surface area (TPSA) is 26.3 Å². The summed E-state index contributed by atoms with van der Waals surface area (Å²) in [6, 6.07) is 0. The predicted molar refractivity (Wildman–Crippen MR) is 90.9 cm³/mol. The van der Waals surface area contributed by atoms with Crippen LogP contribution in [0.15, 0.2) is 0 Å². The molecule has 0 saturated heterocycles. The van der Waals surface area contributed by atoms with Crippen molar-refractivity contribution in [2.45, 2.75) is 85.0 Å². The first-order chi connectivity index (χ1) is 9.38. The van der Waals surface area contributed by atoms with E-state index in [1.807, 2.05) is 0 Å².